The van der Waals surface area contributed by atoms with Crippen molar-refractivity contribution < 1.29 is 33.1 Å². The minimum atomic E-state index is -4.18. The summed E-state index contributed by atoms with van der Waals surface area (Å²) >= 11 is 0. The van der Waals surface area contributed by atoms with E-state index >= 15 is 0 Å². The van der Waals surface area contributed by atoms with E-state index in [1.165, 1.54) is 4.90 Å². The van der Waals surface area contributed by atoms with Crippen molar-refractivity contribution in [2.45, 2.75) is 104 Å². The lowest BCUT2D eigenvalue weighted by Crippen LogP contribution is -2.62. The summed E-state index contributed by atoms with van der Waals surface area (Å²) in [7, 11) is -4.18. The molecule has 0 radical (unpaired) electrons. The van der Waals surface area contributed by atoms with Crippen LogP contribution in [-0.2, 0) is 14.9 Å². The predicted octanol–water partition coefficient (Wildman–Crippen LogP) is 3.74. The Balaban J connectivity index is 1.45. The van der Waals surface area contributed by atoms with Gasteiger partial charge in [0.25, 0.3) is 10.1 Å². The van der Waals surface area contributed by atoms with E-state index in [-0.39, 0.29) is 54.6 Å². The number of carbonyl (C=O) groups excluding carboxylic acids is 1. The largest absolute Gasteiger partial charge is 0.395 e. The topological polar surface area (TPSA) is 135 Å². The summed E-state index contributed by atoms with van der Waals surface area (Å²) in [5, 5.41) is 31.7. The summed E-state index contributed by atoms with van der Waals surface area (Å²) in [6.45, 7) is 9.01. The van der Waals surface area contributed by atoms with Crippen LogP contribution >= 0.6 is 0 Å². The number of hydrogen-bond acceptors (Lipinski definition) is 6. The van der Waals surface area contributed by atoms with Gasteiger partial charge in [0.1, 0.15) is 0 Å². The van der Waals surface area contributed by atoms with Crippen LogP contribution < -0.4 is 0 Å². The van der Waals surface area contributed by atoms with Crippen molar-refractivity contribution in [3.8, 4) is 0 Å². The number of aliphatic hydroxyl groups is 3. The lowest BCUT2D eigenvalue weighted by molar-refractivity contribution is -0.203. The summed E-state index contributed by atoms with van der Waals surface area (Å²) in [5.74, 6) is 1.95. The van der Waals surface area contributed by atoms with Crippen molar-refractivity contribution in [2.75, 3.05) is 25.4 Å². The number of rotatable bonds is 10. The van der Waals surface area contributed by atoms with Crippen LogP contribution in [0.25, 0.3) is 0 Å². The minimum absolute atomic E-state index is 0.0578. The van der Waals surface area contributed by atoms with Crippen molar-refractivity contribution in [3.05, 3.63) is 0 Å². The molecule has 0 bridgehead atoms. The molecule has 226 valence electrons. The van der Waals surface area contributed by atoms with Gasteiger partial charge in [-0.15, -0.1) is 0 Å². The van der Waals surface area contributed by atoms with Crippen LogP contribution in [0.15, 0.2) is 0 Å². The molecule has 0 aliphatic heterocycles. The van der Waals surface area contributed by atoms with E-state index < -0.39 is 15.9 Å². The molecule has 4 aliphatic rings. The Morgan fingerprint density at radius 2 is 1.67 bits per heavy atom. The summed E-state index contributed by atoms with van der Waals surface area (Å²) in [5.41, 5.74) is 0.301. The molecule has 0 aromatic heterocycles. The second-order valence-corrected chi connectivity index (χ2v) is 15.6. The van der Waals surface area contributed by atoms with Gasteiger partial charge in [0.15, 0.2) is 0 Å². The number of nitrogens with zero attached hydrogens (tertiary/aromatic N) is 1. The van der Waals surface area contributed by atoms with E-state index in [9.17, 15) is 28.5 Å². The maximum absolute atomic E-state index is 12.9. The first-order valence-electron chi connectivity index (χ1n) is 15.5. The summed E-state index contributed by atoms with van der Waals surface area (Å²) in [4.78, 5) is 14.3. The quantitative estimate of drug-likeness (QED) is 0.293. The van der Waals surface area contributed by atoms with Gasteiger partial charge in [-0.25, -0.2) is 0 Å². The third-order valence-corrected chi connectivity index (χ3v) is 13.0. The molecule has 0 saturated heterocycles. The van der Waals surface area contributed by atoms with Gasteiger partial charge in [-0.2, -0.15) is 8.42 Å². The summed E-state index contributed by atoms with van der Waals surface area (Å²) in [6, 6.07) is 0. The third kappa shape index (κ3) is 5.95. The van der Waals surface area contributed by atoms with Crippen molar-refractivity contribution in [3.63, 3.8) is 0 Å². The van der Waals surface area contributed by atoms with Gasteiger partial charge in [0.05, 0.1) is 24.6 Å². The molecule has 11 unspecified atom stereocenters. The molecule has 8 nitrogen and oxygen atoms in total. The highest BCUT2D eigenvalue weighted by molar-refractivity contribution is 7.85. The average Bonchev–Trinajstić information content (AvgIpc) is 3.23. The van der Waals surface area contributed by atoms with Gasteiger partial charge < -0.3 is 20.2 Å². The van der Waals surface area contributed by atoms with E-state index in [0.717, 1.165) is 51.4 Å². The number of amides is 1. The first kappa shape index (κ1) is 31.2. The summed E-state index contributed by atoms with van der Waals surface area (Å²) < 4.78 is 31.4. The highest BCUT2D eigenvalue weighted by Crippen LogP contribution is 2.69. The zero-order valence-electron chi connectivity index (χ0n) is 24.5. The Bertz CT molecular complexity index is 974. The van der Waals surface area contributed by atoms with Crippen molar-refractivity contribution in [1.82, 2.24) is 4.90 Å². The molecule has 0 aromatic carbocycles. The van der Waals surface area contributed by atoms with Gasteiger partial charge in [-0.1, -0.05) is 34.1 Å². The monoisotopic (exact) mass is 571 g/mol. The van der Waals surface area contributed by atoms with Crippen LogP contribution in [0.3, 0.4) is 0 Å². The predicted molar refractivity (Wildman–Crippen MR) is 150 cm³/mol. The zero-order chi connectivity index (χ0) is 28.8. The number of aliphatic hydroxyl groups excluding tert-OH is 3. The van der Waals surface area contributed by atoms with Crippen molar-refractivity contribution in [1.29, 1.82) is 0 Å². The molecule has 4 rings (SSSR count). The van der Waals surface area contributed by atoms with Gasteiger partial charge in [0.2, 0.25) is 5.91 Å². The zero-order valence-corrected chi connectivity index (χ0v) is 25.3. The standard InChI is InChI=1S/C30H53NO7S/c1-5-21-25-18-20(33)10-12-30(25,4)24-11-13-29(3)22(7-8-23(29)27(24)28(21)35)19(2)6-9-26(34)31(14-16-32)15-17-39(36,37)38/h19-25,27-28,32-33,35H,5-18H2,1-4H3,(H,36,37,38). The second-order valence-electron chi connectivity index (χ2n) is 14.0. The minimum Gasteiger partial charge on any atom is -0.395 e. The second kappa shape index (κ2) is 11.9. The van der Waals surface area contributed by atoms with E-state index in [4.69, 9.17) is 4.55 Å². The van der Waals surface area contributed by atoms with E-state index in [2.05, 4.69) is 27.7 Å². The number of carbonyl (C=O) groups is 1. The number of hydrogen-bond donors (Lipinski definition) is 4. The summed E-state index contributed by atoms with van der Waals surface area (Å²) in [6.07, 6.45) is 8.60. The van der Waals surface area contributed by atoms with Crippen LogP contribution in [0.4, 0.5) is 0 Å². The van der Waals surface area contributed by atoms with E-state index in [0.29, 0.717) is 48.3 Å². The molecule has 0 aromatic rings. The first-order chi connectivity index (χ1) is 18.3. The third-order valence-electron chi connectivity index (χ3n) is 12.3. The SMILES string of the molecule is CCC1C(O)C2C3CCC(C(C)CCC(=O)N(CCO)CCS(=O)(=O)O)C3(C)CCC2C2(C)CCC(O)CC12. The Labute approximate surface area is 235 Å². The maximum Gasteiger partial charge on any atom is 0.266 e. The van der Waals surface area contributed by atoms with Gasteiger partial charge >= 0.3 is 0 Å². The van der Waals surface area contributed by atoms with Gasteiger partial charge in [-0.05, 0) is 104 Å². The van der Waals surface area contributed by atoms with Gasteiger partial charge in [-0.3, -0.25) is 9.35 Å². The van der Waals surface area contributed by atoms with Crippen LogP contribution in [0.1, 0.15) is 91.9 Å². The van der Waals surface area contributed by atoms with Crippen LogP contribution in [-0.4, -0.2) is 76.8 Å². The molecule has 1 amide bonds. The molecule has 4 fully saturated rings. The normalized spacial score (nSPS) is 42.8. The fraction of sp³-hybridized carbons (Fsp3) is 0.967. The molecular weight excluding hydrogens is 518 g/mol. The molecule has 4 saturated carbocycles. The van der Waals surface area contributed by atoms with Crippen LogP contribution in [0, 0.1) is 52.3 Å². The Morgan fingerprint density at radius 3 is 2.31 bits per heavy atom. The average molecular weight is 572 g/mol. The molecule has 0 heterocycles. The molecule has 9 heteroatoms. The Morgan fingerprint density at radius 1 is 1.00 bits per heavy atom. The highest BCUT2D eigenvalue weighted by atomic mass is 32.2. The lowest BCUT2D eigenvalue weighted by Gasteiger charge is -2.64. The molecule has 4 aliphatic carbocycles. The molecule has 39 heavy (non-hydrogen) atoms. The first-order valence-corrected chi connectivity index (χ1v) is 17.1. The smallest absolute Gasteiger partial charge is 0.266 e. The molecule has 4 N–H and O–H groups in total. The van der Waals surface area contributed by atoms with Crippen molar-refractivity contribution >= 4 is 16.0 Å². The molecular formula is C30H53NO7S. The van der Waals surface area contributed by atoms with Crippen LogP contribution in [0.5, 0.6) is 0 Å². The van der Waals surface area contributed by atoms with Gasteiger partial charge in [0, 0.05) is 19.5 Å². The number of fused-ring (bicyclic) bond motifs is 5. The highest BCUT2D eigenvalue weighted by Gasteiger charge is 2.64. The van der Waals surface area contributed by atoms with Crippen molar-refractivity contribution in [2.24, 2.45) is 52.3 Å². The lowest BCUT2D eigenvalue weighted by atomic mass is 9.41. The van der Waals surface area contributed by atoms with Crippen LogP contribution in [0.2, 0.25) is 0 Å². The van der Waals surface area contributed by atoms with E-state index in [1.54, 1.807) is 0 Å². The fourth-order valence-electron chi connectivity index (χ4n) is 10.4. The maximum atomic E-state index is 12.9. The molecule has 0 spiro atoms. The molecule has 11 atom stereocenters. The Hall–Kier alpha value is -0.740. The Kier molecular flexibility index (Phi) is 9.49. The van der Waals surface area contributed by atoms with E-state index in [1.807, 2.05) is 0 Å². The fourth-order valence-corrected chi connectivity index (χ4v) is 10.8.